The van der Waals surface area contributed by atoms with Gasteiger partial charge in [-0.05, 0) is 13.8 Å². The van der Waals surface area contributed by atoms with Crippen LogP contribution in [0, 0.1) is 0 Å². The molecule has 72 valence electrons. The first-order valence-corrected chi connectivity index (χ1v) is 4.14. The first-order valence-electron chi connectivity index (χ1n) is 4.14. The van der Waals surface area contributed by atoms with Crippen molar-refractivity contribution in [2.45, 2.75) is 32.7 Å². The van der Waals surface area contributed by atoms with E-state index in [-0.39, 0.29) is 6.10 Å². The lowest BCUT2D eigenvalue weighted by Gasteiger charge is -2.14. The monoisotopic (exact) mass is 174 g/mol. The minimum atomic E-state index is -0.726. The predicted molar refractivity (Wildman–Crippen MR) is 47.9 cm³/mol. The third kappa shape index (κ3) is 6.34. The van der Waals surface area contributed by atoms with Crippen LogP contribution in [0.5, 0.6) is 0 Å². The van der Waals surface area contributed by atoms with Gasteiger partial charge in [0, 0.05) is 13.5 Å². The lowest BCUT2D eigenvalue weighted by molar-refractivity contribution is -0.112. The zero-order chi connectivity index (χ0) is 9.40. The summed E-state index contributed by atoms with van der Waals surface area (Å²) in [5.74, 6) is 0. The van der Waals surface area contributed by atoms with Gasteiger partial charge in [0.2, 0.25) is 0 Å². The summed E-state index contributed by atoms with van der Waals surface area (Å²) in [6, 6.07) is 0. The molecule has 12 heavy (non-hydrogen) atoms. The summed E-state index contributed by atoms with van der Waals surface area (Å²) in [6.07, 6.45) is 3.54. The first-order chi connectivity index (χ1) is 5.70. The van der Waals surface area contributed by atoms with Crippen molar-refractivity contribution in [1.29, 1.82) is 0 Å². The van der Waals surface area contributed by atoms with E-state index in [1.807, 2.05) is 26.0 Å². The van der Waals surface area contributed by atoms with Gasteiger partial charge in [-0.15, -0.1) is 0 Å². The highest BCUT2D eigenvalue weighted by atomic mass is 16.6. The molecule has 0 saturated carbocycles. The third-order valence-corrected chi connectivity index (χ3v) is 1.56. The van der Waals surface area contributed by atoms with Gasteiger partial charge in [-0.25, -0.2) is 0 Å². The molecule has 0 radical (unpaired) electrons. The van der Waals surface area contributed by atoms with E-state index in [2.05, 4.69) is 0 Å². The fourth-order valence-corrected chi connectivity index (χ4v) is 0.711. The number of ether oxygens (including phenoxy) is 2. The molecule has 1 N–H and O–H groups in total. The first kappa shape index (κ1) is 11.6. The van der Waals surface area contributed by atoms with Gasteiger partial charge in [-0.3, -0.25) is 0 Å². The quantitative estimate of drug-likeness (QED) is 0.487. The van der Waals surface area contributed by atoms with Gasteiger partial charge in [0.1, 0.15) is 0 Å². The van der Waals surface area contributed by atoms with Gasteiger partial charge in [0.25, 0.3) is 0 Å². The summed E-state index contributed by atoms with van der Waals surface area (Å²) in [7, 11) is 1.61. The summed E-state index contributed by atoms with van der Waals surface area (Å²) < 4.78 is 10.0. The standard InChI is InChI=1S/C9H18O3/c1-4-5-6-12-9(10)7-8(2)11-3/h4-5,8-10H,6-7H2,1-3H3/b5-4+. The van der Waals surface area contributed by atoms with E-state index in [0.717, 1.165) is 0 Å². The van der Waals surface area contributed by atoms with Crippen molar-refractivity contribution < 1.29 is 14.6 Å². The second-order valence-electron chi connectivity index (χ2n) is 2.64. The van der Waals surface area contributed by atoms with Crippen LogP contribution in [0.1, 0.15) is 20.3 Å². The summed E-state index contributed by atoms with van der Waals surface area (Å²) in [4.78, 5) is 0. The molecule has 0 aromatic heterocycles. The summed E-state index contributed by atoms with van der Waals surface area (Å²) in [5, 5.41) is 9.24. The maximum absolute atomic E-state index is 9.24. The van der Waals surface area contributed by atoms with Gasteiger partial charge in [-0.2, -0.15) is 0 Å². The maximum atomic E-state index is 9.24. The van der Waals surface area contributed by atoms with E-state index in [1.54, 1.807) is 7.11 Å². The fourth-order valence-electron chi connectivity index (χ4n) is 0.711. The SMILES string of the molecule is C/C=C/COC(O)CC(C)OC. The smallest absolute Gasteiger partial charge is 0.157 e. The summed E-state index contributed by atoms with van der Waals surface area (Å²) in [6.45, 7) is 4.25. The normalized spacial score (nSPS) is 16.7. The third-order valence-electron chi connectivity index (χ3n) is 1.56. The highest BCUT2D eigenvalue weighted by Gasteiger charge is 2.08. The van der Waals surface area contributed by atoms with Gasteiger partial charge in [0.15, 0.2) is 6.29 Å². The van der Waals surface area contributed by atoms with Crippen molar-refractivity contribution in [3.63, 3.8) is 0 Å². The Bertz CT molecular complexity index is 123. The molecular weight excluding hydrogens is 156 g/mol. The van der Waals surface area contributed by atoms with E-state index >= 15 is 0 Å². The van der Waals surface area contributed by atoms with Gasteiger partial charge < -0.3 is 14.6 Å². The molecule has 0 saturated heterocycles. The number of aliphatic hydroxyl groups is 1. The van der Waals surface area contributed by atoms with Crippen molar-refractivity contribution in [3.8, 4) is 0 Å². The van der Waals surface area contributed by atoms with Gasteiger partial charge >= 0.3 is 0 Å². The van der Waals surface area contributed by atoms with Crippen LogP contribution in [0.4, 0.5) is 0 Å². The molecule has 0 amide bonds. The second-order valence-corrected chi connectivity index (χ2v) is 2.64. The van der Waals surface area contributed by atoms with E-state index in [4.69, 9.17) is 9.47 Å². The highest BCUT2D eigenvalue weighted by Crippen LogP contribution is 2.02. The van der Waals surface area contributed by atoms with Crippen LogP contribution in [0.2, 0.25) is 0 Å². The van der Waals surface area contributed by atoms with E-state index in [1.165, 1.54) is 0 Å². The van der Waals surface area contributed by atoms with Crippen LogP contribution >= 0.6 is 0 Å². The van der Waals surface area contributed by atoms with Gasteiger partial charge in [-0.1, -0.05) is 12.2 Å². The van der Waals surface area contributed by atoms with E-state index < -0.39 is 6.29 Å². The molecule has 0 bridgehead atoms. The van der Waals surface area contributed by atoms with Crippen LogP contribution in [-0.4, -0.2) is 31.2 Å². The second kappa shape index (κ2) is 7.28. The number of hydrogen-bond donors (Lipinski definition) is 1. The van der Waals surface area contributed by atoms with Gasteiger partial charge in [0.05, 0.1) is 12.7 Å². The average Bonchev–Trinajstić information content (AvgIpc) is 2.05. The van der Waals surface area contributed by atoms with Crippen LogP contribution < -0.4 is 0 Å². The summed E-state index contributed by atoms with van der Waals surface area (Å²) in [5.41, 5.74) is 0. The Hall–Kier alpha value is -0.380. The van der Waals surface area contributed by atoms with Crippen LogP contribution in [0.25, 0.3) is 0 Å². The molecule has 0 fully saturated rings. The van der Waals surface area contributed by atoms with Crippen molar-refractivity contribution in [2.75, 3.05) is 13.7 Å². The Morgan fingerprint density at radius 3 is 2.67 bits per heavy atom. The Morgan fingerprint density at radius 2 is 2.17 bits per heavy atom. The Kier molecular flexibility index (Phi) is 7.05. The molecule has 0 aliphatic heterocycles. The van der Waals surface area contributed by atoms with Crippen LogP contribution in [0.15, 0.2) is 12.2 Å². The molecule has 0 rings (SSSR count). The molecule has 0 aromatic rings. The molecular formula is C9H18O3. The predicted octanol–water partition coefficient (Wildman–Crippen LogP) is 1.32. The number of aliphatic hydroxyl groups excluding tert-OH is 1. The minimum Gasteiger partial charge on any atom is -0.382 e. The summed E-state index contributed by atoms with van der Waals surface area (Å²) >= 11 is 0. The zero-order valence-corrected chi connectivity index (χ0v) is 7.99. The molecule has 0 spiro atoms. The number of methoxy groups -OCH3 is 1. The fraction of sp³-hybridized carbons (Fsp3) is 0.778. The Balaban J connectivity index is 3.38. The molecule has 2 unspecified atom stereocenters. The molecule has 0 aromatic carbocycles. The Labute approximate surface area is 74.0 Å². The van der Waals surface area contributed by atoms with Crippen molar-refractivity contribution in [2.24, 2.45) is 0 Å². The number of hydrogen-bond acceptors (Lipinski definition) is 3. The minimum absolute atomic E-state index is 0.0330. The largest absolute Gasteiger partial charge is 0.382 e. The van der Waals surface area contributed by atoms with Crippen molar-refractivity contribution in [1.82, 2.24) is 0 Å². The molecule has 0 aliphatic rings. The Morgan fingerprint density at radius 1 is 1.50 bits per heavy atom. The molecule has 3 nitrogen and oxygen atoms in total. The van der Waals surface area contributed by atoms with E-state index in [0.29, 0.717) is 13.0 Å². The molecule has 3 heteroatoms. The van der Waals surface area contributed by atoms with Crippen LogP contribution in [-0.2, 0) is 9.47 Å². The highest BCUT2D eigenvalue weighted by molar-refractivity contribution is 4.76. The molecule has 2 atom stereocenters. The number of rotatable bonds is 6. The number of allylic oxidation sites excluding steroid dienone is 1. The lowest BCUT2D eigenvalue weighted by Crippen LogP contribution is -2.19. The molecule has 0 aliphatic carbocycles. The van der Waals surface area contributed by atoms with Crippen LogP contribution in [0.3, 0.4) is 0 Å². The maximum Gasteiger partial charge on any atom is 0.157 e. The topological polar surface area (TPSA) is 38.7 Å². The zero-order valence-electron chi connectivity index (χ0n) is 7.99. The van der Waals surface area contributed by atoms with E-state index in [9.17, 15) is 5.11 Å². The average molecular weight is 174 g/mol. The van der Waals surface area contributed by atoms with Crippen molar-refractivity contribution in [3.05, 3.63) is 12.2 Å². The molecule has 0 heterocycles. The van der Waals surface area contributed by atoms with Crippen molar-refractivity contribution >= 4 is 0 Å². The lowest BCUT2D eigenvalue weighted by atomic mass is 10.3.